The number of hydrogen-bond donors (Lipinski definition) is 4. The predicted octanol–water partition coefficient (Wildman–Crippen LogP) is 4.49. The number of unbranched alkanes of at least 4 members (excludes halogenated alkanes) is 9. The van der Waals surface area contributed by atoms with Gasteiger partial charge in [-0.05, 0) is 24.7 Å². The fourth-order valence-corrected chi connectivity index (χ4v) is 4.97. The van der Waals surface area contributed by atoms with Gasteiger partial charge in [-0.15, -0.1) is 0 Å². The second-order valence-corrected chi connectivity index (χ2v) is 11.3. The lowest BCUT2D eigenvalue weighted by atomic mass is 10.0. The monoisotopic (exact) mass is 524 g/mol. The molecule has 0 bridgehead atoms. The van der Waals surface area contributed by atoms with Crippen LogP contribution in [0.25, 0.3) is 0 Å². The number of phosphoric ester groups is 1. The van der Waals surface area contributed by atoms with E-state index in [1.165, 1.54) is 70.6 Å². The van der Waals surface area contributed by atoms with Gasteiger partial charge in [0.15, 0.2) is 0 Å². The van der Waals surface area contributed by atoms with E-state index in [2.05, 4.69) is 16.0 Å². The van der Waals surface area contributed by atoms with Crippen LogP contribution in [0.2, 0.25) is 0 Å². The molecule has 0 aromatic rings. The van der Waals surface area contributed by atoms with Crippen molar-refractivity contribution in [3.63, 3.8) is 0 Å². The minimum absolute atomic E-state index is 0.273. The number of phosphoric acid groups is 1. The van der Waals surface area contributed by atoms with E-state index in [0.29, 0.717) is 0 Å². The first kappa shape index (κ1) is 32.5. The molecule has 0 aliphatic heterocycles. The summed E-state index contributed by atoms with van der Waals surface area (Å²) in [6.07, 6.45) is 15.4. The molecular weight excluding hydrogens is 475 g/mol. The molecule has 1 fully saturated rings. The molecule has 10 heteroatoms. The quantitative estimate of drug-likeness (QED) is 0.0815. The summed E-state index contributed by atoms with van der Waals surface area (Å²) in [5.41, 5.74) is 0. The highest BCUT2D eigenvalue weighted by molar-refractivity contribution is 7.47. The van der Waals surface area contributed by atoms with Crippen molar-refractivity contribution in [3.8, 4) is 0 Å². The molecule has 4 N–H and O–H groups in total. The lowest BCUT2D eigenvalue weighted by Crippen LogP contribution is -2.24. The molecule has 1 rings (SSSR count). The first-order valence-electron chi connectivity index (χ1n) is 13.5. The van der Waals surface area contributed by atoms with Gasteiger partial charge in [-0.1, -0.05) is 84.0 Å². The maximum atomic E-state index is 11.8. The largest absolute Gasteiger partial charge is 0.472 e. The van der Waals surface area contributed by atoms with Crippen LogP contribution < -0.4 is 0 Å². The zero-order valence-electron chi connectivity index (χ0n) is 21.5. The number of hydrogen-bond acceptors (Lipinski definition) is 8. The third-order valence-electron chi connectivity index (χ3n) is 6.46. The Morgan fingerprint density at radius 3 is 1.91 bits per heavy atom. The van der Waals surface area contributed by atoms with Crippen molar-refractivity contribution in [2.45, 2.75) is 115 Å². The van der Waals surface area contributed by atoms with E-state index in [9.17, 15) is 19.4 Å². The van der Waals surface area contributed by atoms with Gasteiger partial charge in [-0.2, -0.15) is 0 Å². The Bertz CT molecular complexity index is 589. The van der Waals surface area contributed by atoms with E-state index in [4.69, 9.17) is 14.9 Å². The van der Waals surface area contributed by atoms with Crippen molar-refractivity contribution in [2.24, 2.45) is 11.8 Å². The number of carbonyl (C=O) groups is 1. The fraction of sp³-hybridized carbons (Fsp3) is 0.960. The molecule has 0 aromatic carbocycles. The normalized spacial score (nSPS) is 20.8. The maximum Gasteiger partial charge on any atom is 0.472 e. The van der Waals surface area contributed by atoms with Crippen LogP contribution in [0.1, 0.15) is 103 Å². The molecule has 1 aliphatic carbocycles. The summed E-state index contributed by atoms with van der Waals surface area (Å²) in [5.74, 6) is 1.59. The minimum Gasteiger partial charge on any atom is -0.463 e. The van der Waals surface area contributed by atoms with Gasteiger partial charge in [-0.25, -0.2) is 4.57 Å². The molecule has 4 unspecified atom stereocenters. The summed E-state index contributed by atoms with van der Waals surface area (Å²) in [6.45, 7) is 0.126. The zero-order chi connectivity index (χ0) is 25.9. The Kier molecular flexibility index (Phi) is 18.2. The van der Waals surface area contributed by atoms with Crippen LogP contribution in [0.3, 0.4) is 0 Å². The summed E-state index contributed by atoms with van der Waals surface area (Å²) in [4.78, 5) is 21.2. The molecule has 0 aromatic heterocycles. The van der Waals surface area contributed by atoms with E-state index in [1.54, 1.807) is 0 Å². The summed E-state index contributed by atoms with van der Waals surface area (Å²) < 4.78 is 25.6. The van der Waals surface area contributed by atoms with E-state index in [-0.39, 0.29) is 13.0 Å². The number of carbonyl (C=O) groups excluding carboxylic acids is 1. The number of ether oxygens (including phenoxy) is 1. The lowest BCUT2D eigenvalue weighted by molar-refractivity contribution is -0.147. The number of rotatable bonds is 24. The van der Waals surface area contributed by atoms with Gasteiger partial charge in [0, 0.05) is 6.42 Å². The van der Waals surface area contributed by atoms with E-state index in [1.807, 2.05) is 0 Å². The van der Waals surface area contributed by atoms with Gasteiger partial charge in [-0.3, -0.25) is 13.8 Å². The molecule has 1 aliphatic rings. The summed E-state index contributed by atoms with van der Waals surface area (Å²) >= 11 is 0. The second kappa shape index (κ2) is 19.6. The first-order chi connectivity index (χ1) is 16.8. The summed E-state index contributed by atoms with van der Waals surface area (Å²) in [7, 11) is -4.48. The number of aliphatic hydroxyl groups excluding tert-OH is 3. The Morgan fingerprint density at radius 2 is 1.34 bits per heavy atom. The van der Waals surface area contributed by atoms with E-state index >= 15 is 0 Å². The molecule has 9 nitrogen and oxygen atoms in total. The average Bonchev–Trinajstić information content (AvgIpc) is 3.59. The van der Waals surface area contributed by atoms with Crippen molar-refractivity contribution < 1.29 is 43.4 Å². The molecule has 35 heavy (non-hydrogen) atoms. The summed E-state index contributed by atoms with van der Waals surface area (Å²) in [5, 5.41) is 27.5. The Balaban J connectivity index is 1.89. The third kappa shape index (κ3) is 18.4. The van der Waals surface area contributed by atoms with Crippen LogP contribution in [0, 0.1) is 11.8 Å². The van der Waals surface area contributed by atoms with Crippen LogP contribution >= 0.6 is 7.82 Å². The second-order valence-electron chi connectivity index (χ2n) is 9.85. The predicted molar refractivity (Wildman–Crippen MR) is 134 cm³/mol. The molecule has 0 amide bonds. The maximum absolute atomic E-state index is 11.8. The van der Waals surface area contributed by atoms with Crippen LogP contribution in [-0.2, 0) is 23.1 Å². The van der Waals surface area contributed by atoms with Crippen LogP contribution in [-0.4, -0.2) is 64.8 Å². The Labute approximate surface area is 211 Å². The molecule has 0 saturated heterocycles. The zero-order valence-corrected chi connectivity index (χ0v) is 22.4. The lowest BCUT2D eigenvalue weighted by Gasteiger charge is -2.16. The molecule has 208 valence electrons. The molecular formula is C25H49O9P. The van der Waals surface area contributed by atoms with Crippen molar-refractivity contribution >= 4 is 13.8 Å². The van der Waals surface area contributed by atoms with Crippen LogP contribution in [0.15, 0.2) is 0 Å². The molecule has 0 heterocycles. The SMILES string of the molecule is CCCCCCC1CC1CCCCCCCCCC(=O)OC[C@@H](O)COP(=O)(O)OCC(O)CO. The highest BCUT2D eigenvalue weighted by Gasteiger charge is 2.35. The highest BCUT2D eigenvalue weighted by Crippen LogP contribution is 2.46. The topological polar surface area (TPSA) is 143 Å². The van der Waals surface area contributed by atoms with Crippen molar-refractivity contribution in [1.29, 1.82) is 0 Å². The van der Waals surface area contributed by atoms with Crippen molar-refractivity contribution in [3.05, 3.63) is 0 Å². The molecule has 0 radical (unpaired) electrons. The molecule has 5 atom stereocenters. The van der Waals surface area contributed by atoms with Gasteiger partial charge in [0.05, 0.1) is 19.8 Å². The van der Waals surface area contributed by atoms with Crippen LogP contribution in [0.4, 0.5) is 0 Å². The van der Waals surface area contributed by atoms with Gasteiger partial charge in [0.25, 0.3) is 0 Å². The van der Waals surface area contributed by atoms with Crippen LogP contribution in [0.5, 0.6) is 0 Å². The Morgan fingerprint density at radius 1 is 0.829 bits per heavy atom. The van der Waals surface area contributed by atoms with Crippen molar-refractivity contribution in [1.82, 2.24) is 0 Å². The average molecular weight is 525 g/mol. The molecule has 1 saturated carbocycles. The van der Waals surface area contributed by atoms with Gasteiger partial charge in [0.2, 0.25) is 0 Å². The summed E-state index contributed by atoms with van der Waals surface area (Å²) in [6, 6.07) is 0. The third-order valence-corrected chi connectivity index (χ3v) is 7.41. The van der Waals surface area contributed by atoms with Gasteiger partial charge >= 0.3 is 13.8 Å². The Hall–Kier alpha value is -0.540. The van der Waals surface area contributed by atoms with E-state index < -0.39 is 45.8 Å². The van der Waals surface area contributed by atoms with Crippen molar-refractivity contribution in [2.75, 3.05) is 26.4 Å². The minimum atomic E-state index is -4.48. The van der Waals surface area contributed by atoms with Gasteiger partial charge < -0.3 is 24.9 Å². The fourth-order valence-electron chi connectivity index (χ4n) is 4.17. The highest BCUT2D eigenvalue weighted by atomic mass is 31.2. The van der Waals surface area contributed by atoms with E-state index in [0.717, 1.165) is 31.1 Å². The van der Waals surface area contributed by atoms with Gasteiger partial charge in [0.1, 0.15) is 18.8 Å². The first-order valence-corrected chi connectivity index (χ1v) is 15.0. The standard InChI is InChI=1S/C25H49O9P/c1-2-3-4-10-13-21-16-22(21)14-11-8-6-5-7-9-12-15-25(29)32-18-24(28)20-34-35(30,31)33-19-23(27)17-26/h21-24,26-28H,2-20H2,1H3,(H,30,31)/t21?,22?,23?,24-/m1/s1. The number of aliphatic hydroxyl groups is 3. The number of esters is 1. The molecule has 0 spiro atoms. The smallest absolute Gasteiger partial charge is 0.463 e.